The van der Waals surface area contributed by atoms with E-state index in [4.69, 9.17) is 21.1 Å². The predicted octanol–water partition coefficient (Wildman–Crippen LogP) is 6.74. The predicted molar refractivity (Wildman–Crippen MR) is 165 cm³/mol. The molecular formula is C30H31BrClN3O5S. The summed E-state index contributed by atoms with van der Waals surface area (Å²) in [4.78, 5) is 45.8. The lowest BCUT2D eigenvalue weighted by molar-refractivity contribution is 0.0141. The first-order chi connectivity index (χ1) is 19.4. The Balaban J connectivity index is 1.31. The van der Waals surface area contributed by atoms with Crippen LogP contribution in [0.15, 0.2) is 46.9 Å². The molecule has 0 radical (unpaired) electrons. The zero-order chi connectivity index (χ0) is 29.5. The quantitative estimate of drug-likeness (QED) is 0.311. The Morgan fingerprint density at radius 1 is 1.02 bits per heavy atom. The van der Waals surface area contributed by atoms with Gasteiger partial charge in [0.2, 0.25) is 0 Å². The number of halogens is 2. The normalized spacial score (nSPS) is 14.9. The zero-order valence-electron chi connectivity index (χ0n) is 23.3. The maximum Gasteiger partial charge on any atom is 0.410 e. The van der Waals surface area contributed by atoms with Crippen LogP contribution < -0.4 is 9.64 Å². The molecular weight excluding hydrogens is 630 g/mol. The first-order valence-corrected chi connectivity index (χ1v) is 15.3. The molecule has 8 nitrogen and oxygen atoms in total. The summed E-state index contributed by atoms with van der Waals surface area (Å²) in [7, 11) is 1.66. The topological polar surface area (TPSA) is 79.4 Å². The van der Waals surface area contributed by atoms with Gasteiger partial charge in [0.25, 0.3) is 11.8 Å². The fourth-order valence-electron chi connectivity index (χ4n) is 4.80. The van der Waals surface area contributed by atoms with Crippen molar-refractivity contribution in [1.82, 2.24) is 9.80 Å². The molecule has 3 amide bonds. The number of piperazine rings is 1. The highest BCUT2D eigenvalue weighted by Gasteiger charge is 2.29. The molecule has 0 bridgehead atoms. The molecule has 11 heteroatoms. The van der Waals surface area contributed by atoms with Crippen LogP contribution in [0.1, 0.15) is 46.4 Å². The molecule has 3 heterocycles. The van der Waals surface area contributed by atoms with Gasteiger partial charge in [-0.15, -0.1) is 11.3 Å². The number of ether oxygens (including phenoxy) is 2. The SMILES string of the molecule is CN(C(=O)c1cc2c(s1)-c1ccc(Br)cc1OCC2)c1cc(C(=O)N2CCN(C(=O)OC(C)(C)C)CC2)ccc1Cl. The van der Waals surface area contributed by atoms with Crippen LogP contribution in [0.3, 0.4) is 0 Å². The second-order valence-corrected chi connectivity index (χ2v) is 13.4. The summed E-state index contributed by atoms with van der Waals surface area (Å²) < 4.78 is 12.3. The summed E-state index contributed by atoms with van der Waals surface area (Å²) in [5, 5.41) is 0.369. The zero-order valence-corrected chi connectivity index (χ0v) is 26.5. The van der Waals surface area contributed by atoms with Gasteiger partial charge in [0, 0.05) is 60.1 Å². The van der Waals surface area contributed by atoms with Crippen LogP contribution in [0.25, 0.3) is 10.4 Å². The molecule has 2 aliphatic heterocycles. The van der Waals surface area contributed by atoms with E-state index in [1.54, 1.807) is 35.0 Å². The third-order valence-corrected chi connectivity index (χ3v) is 8.93. The van der Waals surface area contributed by atoms with Gasteiger partial charge >= 0.3 is 6.09 Å². The van der Waals surface area contributed by atoms with Gasteiger partial charge in [0.05, 0.1) is 22.2 Å². The van der Waals surface area contributed by atoms with Crippen LogP contribution >= 0.6 is 38.9 Å². The molecule has 0 atom stereocenters. The van der Waals surface area contributed by atoms with E-state index in [2.05, 4.69) is 15.9 Å². The second-order valence-electron chi connectivity index (χ2n) is 11.0. The number of thiophene rings is 1. The Labute approximate surface area is 256 Å². The number of carbonyl (C=O) groups is 3. The number of hydrogen-bond donors (Lipinski definition) is 0. The molecule has 5 rings (SSSR count). The minimum Gasteiger partial charge on any atom is -0.493 e. The van der Waals surface area contributed by atoms with Crippen LogP contribution in [-0.4, -0.2) is 73.1 Å². The number of benzene rings is 2. The Morgan fingerprint density at radius 2 is 1.73 bits per heavy atom. The van der Waals surface area contributed by atoms with Gasteiger partial charge < -0.3 is 24.2 Å². The van der Waals surface area contributed by atoms with Gasteiger partial charge in [0.15, 0.2) is 0 Å². The summed E-state index contributed by atoms with van der Waals surface area (Å²) in [6, 6.07) is 12.8. The van der Waals surface area contributed by atoms with Crippen molar-refractivity contribution in [2.45, 2.75) is 32.8 Å². The van der Waals surface area contributed by atoms with E-state index >= 15 is 0 Å². The molecule has 1 aromatic heterocycles. The number of anilines is 1. The van der Waals surface area contributed by atoms with E-state index in [0.717, 1.165) is 26.2 Å². The third-order valence-electron chi connectivity index (χ3n) is 6.91. The Hall–Kier alpha value is -3.08. The third kappa shape index (κ3) is 6.39. The molecule has 0 N–H and O–H groups in total. The first kappa shape index (κ1) is 29.4. The van der Waals surface area contributed by atoms with Crippen molar-refractivity contribution in [3.63, 3.8) is 0 Å². The van der Waals surface area contributed by atoms with Crippen LogP contribution in [0.5, 0.6) is 5.75 Å². The molecule has 0 spiro atoms. The second kappa shape index (κ2) is 11.7. The van der Waals surface area contributed by atoms with Crippen molar-refractivity contribution in [2.75, 3.05) is 44.7 Å². The summed E-state index contributed by atoms with van der Waals surface area (Å²) in [6.07, 6.45) is 0.314. The van der Waals surface area contributed by atoms with E-state index < -0.39 is 5.60 Å². The lowest BCUT2D eigenvalue weighted by Gasteiger charge is -2.35. The van der Waals surface area contributed by atoms with Crippen molar-refractivity contribution in [1.29, 1.82) is 0 Å². The average molecular weight is 661 g/mol. The molecule has 1 fully saturated rings. The number of hydrogen-bond acceptors (Lipinski definition) is 6. The molecule has 2 aromatic carbocycles. The van der Waals surface area contributed by atoms with Gasteiger partial charge in [-0.25, -0.2) is 4.79 Å². The van der Waals surface area contributed by atoms with Crippen molar-refractivity contribution in [3.8, 4) is 16.2 Å². The first-order valence-electron chi connectivity index (χ1n) is 13.3. The largest absolute Gasteiger partial charge is 0.493 e. The highest BCUT2D eigenvalue weighted by Crippen LogP contribution is 2.42. The number of rotatable bonds is 3. The summed E-state index contributed by atoms with van der Waals surface area (Å²) in [6.45, 7) is 7.53. The molecule has 216 valence electrons. The number of fused-ring (bicyclic) bond motifs is 3. The molecule has 2 aliphatic rings. The van der Waals surface area contributed by atoms with Gasteiger partial charge in [0.1, 0.15) is 11.4 Å². The van der Waals surface area contributed by atoms with E-state index in [-0.39, 0.29) is 17.9 Å². The molecule has 0 unspecified atom stereocenters. The van der Waals surface area contributed by atoms with Crippen molar-refractivity contribution in [3.05, 3.63) is 68.0 Å². The van der Waals surface area contributed by atoms with Crippen molar-refractivity contribution >= 4 is 62.5 Å². The fraction of sp³-hybridized carbons (Fsp3) is 0.367. The van der Waals surface area contributed by atoms with Gasteiger partial charge in [-0.2, -0.15) is 0 Å². The van der Waals surface area contributed by atoms with Crippen LogP contribution in [0.4, 0.5) is 10.5 Å². The molecule has 0 saturated carbocycles. The standard InChI is InChI=1S/C30H31BrClN3O5S/c1-30(2,3)40-29(38)35-12-10-34(11-13-35)27(36)19-5-8-22(32)23(15-19)33(4)28(37)25-16-18-9-14-39-24-17-20(31)6-7-21(24)26(18)41-25/h5-8,15-17H,9-14H2,1-4H3. The smallest absolute Gasteiger partial charge is 0.410 e. The summed E-state index contributed by atoms with van der Waals surface area (Å²) in [5.74, 6) is 0.395. The maximum atomic E-state index is 13.6. The van der Waals surface area contributed by atoms with Gasteiger partial charge in [-0.1, -0.05) is 27.5 Å². The molecule has 1 saturated heterocycles. The average Bonchev–Trinajstić information content (AvgIpc) is 3.27. The van der Waals surface area contributed by atoms with Crippen LogP contribution in [-0.2, 0) is 11.2 Å². The number of amides is 3. The van der Waals surface area contributed by atoms with E-state index in [1.807, 2.05) is 45.0 Å². The summed E-state index contributed by atoms with van der Waals surface area (Å²) in [5.41, 5.74) is 2.32. The molecule has 3 aromatic rings. The monoisotopic (exact) mass is 659 g/mol. The van der Waals surface area contributed by atoms with E-state index in [9.17, 15) is 14.4 Å². The van der Waals surface area contributed by atoms with Crippen molar-refractivity contribution in [2.24, 2.45) is 0 Å². The minimum atomic E-state index is -0.578. The van der Waals surface area contributed by atoms with Gasteiger partial charge in [-0.05, 0) is 68.8 Å². The minimum absolute atomic E-state index is 0.182. The lowest BCUT2D eigenvalue weighted by atomic mass is 10.1. The molecule has 41 heavy (non-hydrogen) atoms. The highest BCUT2D eigenvalue weighted by atomic mass is 79.9. The highest BCUT2D eigenvalue weighted by molar-refractivity contribution is 9.10. The molecule has 0 aliphatic carbocycles. The fourth-order valence-corrected chi connectivity index (χ4v) is 6.60. The lowest BCUT2D eigenvalue weighted by Crippen LogP contribution is -2.51. The van der Waals surface area contributed by atoms with Crippen molar-refractivity contribution < 1.29 is 23.9 Å². The van der Waals surface area contributed by atoms with E-state index in [1.165, 1.54) is 16.2 Å². The summed E-state index contributed by atoms with van der Waals surface area (Å²) >= 11 is 11.5. The maximum absolute atomic E-state index is 13.6. The number of nitrogens with zero attached hydrogens (tertiary/aromatic N) is 3. The Kier molecular flexibility index (Phi) is 8.36. The Morgan fingerprint density at radius 3 is 2.44 bits per heavy atom. The number of carbonyl (C=O) groups excluding carboxylic acids is 3. The van der Waals surface area contributed by atoms with Gasteiger partial charge in [-0.3, -0.25) is 9.59 Å². The Bertz CT molecular complexity index is 1510. The van der Waals surface area contributed by atoms with Crippen LogP contribution in [0.2, 0.25) is 5.02 Å². The van der Waals surface area contributed by atoms with Crippen LogP contribution in [0, 0.1) is 0 Å². The van der Waals surface area contributed by atoms with E-state index in [0.29, 0.717) is 60.4 Å².